The zero-order chi connectivity index (χ0) is 18.2. The monoisotopic (exact) mass is 350 g/mol. The van der Waals surface area contributed by atoms with Gasteiger partial charge < -0.3 is 15.0 Å². The third kappa shape index (κ3) is 5.11. The molecule has 134 valence electrons. The number of para-hydroxylation sites is 1. The van der Waals surface area contributed by atoms with E-state index in [2.05, 4.69) is 10.4 Å². The van der Waals surface area contributed by atoms with E-state index in [1.54, 1.807) is 18.1 Å². The Kier molecular flexibility index (Phi) is 5.88. The molecule has 6 nitrogen and oxygen atoms in total. The van der Waals surface area contributed by atoms with Gasteiger partial charge in [-0.25, -0.2) is 4.79 Å². The van der Waals surface area contributed by atoms with Crippen molar-refractivity contribution in [2.24, 2.45) is 0 Å². The van der Waals surface area contributed by atoms with Crippen LogP contribution in [0.25, 0.3) is 0 Å². The van der Waals surface area contributed by atoms with Gasteiger partial charge in [0.25, 0.3) is 0 Å². The van der Waals surface area contributed by atoms with E-state index in [4.69, 9.17) is 4.74 Å². The molecular weight excluding hydrogens is 328 g/mol. The number of aromatic nitrogens is 2. The van der Waals surface area contributed by atoms with Gasteiger partial charge in [0.15, 0.2) is 0 Å². The van der Waals surface area contributed by atoms with E-state index in [0.717, 1.165) is 17.0 Å². The van der Waals surface area contributed by atoms with Crippen molar-refractivity contribution >= 4 is 11.7 Å². The second kappa shape index (κ2) is 8.71. The molecule has 3 aromatic rings. The molecule has 0 saturated heterocycles. The molecule has 1 N–H and O–H groups in total. The molecule has 0 aliphatic carbocycles. The van der Waals surface area contributed by atoms with E-state index >= 15 is 0 Å². The molecule has 0 atom stereocenters. The first-order chi connectivity index (χ1) is 12.7. The van der Waals surface area contributed by atoms with Crippen LogP contribution in [-0.2, 0) is 6.54 Å². The maximum Gasteiger partial charge on any atom is 0.321 e. The second-order valence-corrected chi connectivity index (χ2v) is 5.92. The number of likely N-dealkylation sites (N-methyl/N-ethyl adjacent to an activating group) is 1. The Balaban J connectivity index is 1.49. The van der Waals surface area contributed by atoms with E-state index < -0.39 is 0 Å². The molecule has 0 bridgehead atoms. The van der Waals surface area contributed by atoms with Gasteiger partial charge in [0.05, 0.1) is 13.1 Å². The van der Waals surface area contributed by atoms with Crippen molar-refractivity contribution < 1.29 is 9.53 Å². The normalized spacial score (nSPS) is 10.3. The van der Waals surface area contributed by atoms with Crippen LogP contribution >= 0.6 is 0 Å². The predicted molar refractivity (Wildman–Crippen MR) is 101 cm³/mol. The first kappa shape index (κ1) is 17.5. The molecule has 0 saturated carbocycles. The Morgan fingerprint density at radius 2 is 2.00 bits per heavy atom. The van der Waals surface area contributed by atoms with Crippen molar-refractivity contribution in [3.63, 3.8) is 0 Å². The molecule has 0 aliphatic rings. The molecule has 0 radical (unpaired) electrons. The summed E-state index contributed by atoms with van der Waals surface area (Å²) < 4.78 is 7.46. The minimum atomic E-state index is -0.169. The number of amides is 2. The van der Waals surface area contributed by atoms with Crippen molar-refractivity contribution in [2.45, 2.75) is 6.54 Å². The van der Waals surface area contributed by atoms with Gasteiger partial charge in [-0.3, -0.25) is 4.68 Å². The minimum absolute atomic E-state index is 0.169. The topological polar surface area (TPSA) is 59.4 Å². The van der Waals surface area contributed by atoms with Crippen LogP contribution in [0.4, 0.5) is 10.5 Å². The summed E-state index contributed by atoms with van der Waals surface area (Å²) in [6.45, 7) is 1.60. The smallest absolute Gasteiger partial charge is 0.321 e. The number of carbonyl (C=O) groups is 1. The Hall–Kier alpha value is -3.28. The van der Waals surface area contributed by atoms with Crippen LogP contribution in [-0.4, -0.2) is 40.9 Å². The summed E-state index contributed by atoms with van der Waals surface area (Å²) >= 11 is 0. The lowest BCUT2D eigenvalue weighted by molar-refractivity contribution is 0.207. The molecule has 1 heterocycles. The Morgan fingerprint density at radius 1 is 1.15 bits per heavy atom. The molecule has 6 heteroatoms. The van der Waals surface area contributed by atoms with Crippen LogP contribution in [0.5, 0.6) is 5.75 Å². The molecule has 3 rings (SSSR count). The molecule has 1 aromatic heterocycles. The highest BCUT2D eigenvalue weighted by atomic mass is 16.5. The summed E-state index contributed by atoms with van der Waals surface area (Å²) in [6, 6.07) is 19.0. The van der Waals surface area contributed by atoms with Gasteiger partial charge in [-0.15, -0.1) is 0 Å². The molecule has 0 fully saturated rings. The standard InChI is InChI=1S/C20H22N4O2/c1-23(13-14-26-19-9-3-2-4-10-19)20(25)22-18-8-5-7-17(15-18)16-24-12-6-11-21-24/h2-12,15H,13-14,16H2,1H3,(H,22,25). The van der Waals surface area contributed by atoms with Gasteiger partial charge in [0.2, 0.25) is 0 Å². The maximum absolute atomic E-state index is 12.3. The number of anilines is 1. The van der Waals surface area contributed by atoms with Crippen LogP contribution in [0.1, 0.15) is 5.56 Å². The zero-order valence-electron chi connectivity index (χ0n) is 14.7. The van der Waals surface area contributed by atoms with Gasteiger partial charge in [-0.2, -0.15) is 5.10 Å². The molecular formula is C20H22N4O2. The fourth-order valence-electron chi connectivity index (χ4n) is 2.47. The van der Waals surface area contributed by atoms with Gasteiger partial charge in [-0.05, 0) is 35.9 Å². The Morgan fingerprint density at radius 3 is 2.77 bits per heavy atom. The number of carbonyl (C=O) groups excluding carboxylic acids is 1. The summed E-state index contributed by atoms with van der Waals surface area (Å²) in [5.41, 5.74) is 1.83. The average molecular weight is 350 g/mol. The molecule has 0 unspecified atom stereocenters. The number of hydrogen-bond donors (Lipinski definition) is 1. The Labute approximate surface area is 153 Å². The summed E-state index contributed by atoms with van der Waals surface area (Å²) in [4.78, 5) is 13.9. The molecule has 26 heavy (non-hydrogen) atoms. The van der Waals surface area contributed by atoms with Crippen molar-refractivity contribution in [2.75, 3.05) is 25.5 Å². The van der Waals surface area contributed by atoms with Gasteiger partial charge in [-0.1, -0.05) is 30.3 Å². The van der Waals surface area contributed by atoms with E-state index in [1.807, 2.05) is 71.5 Å². The maximum atomic E-state index is 12.3. The predicted octanol–water partition coefficient (Wildman–Crippen LogP) is 3.47. The van der Waals surface area contributed by atoms with Crippen molar-refractivity contribution in [1.82, 2.24) is 14.7 Å². The summed E-state index contributed by atoms with van der Waals surface area (Å²) in [5.74, 6) is 0.799. The van der Waals surface area contributed by atoms with E-state index in [0.29, 0.717) is 19.7 Å². The molecule has 0 aliphatic heterocycles. The zero-order valence-corrected chi connectivity index (χ0v) is 14.7. The number of nitrogens with zero attached hydrogens (tertiary/aromatic N) is 3. The third-order valence-electron chi connectivity index (χ3n) is 3.87. The van der Waals surface area contributed by atoms with Crippen LogP contribution < -0.4 is 10.1 Å². The quantitative estimate of drug-likeness (QED) is 0.710. The number of ether oxygens (including phenoxy) is 1. The van der Waals surface area contributed by atoms with Crippen LogP contribution in [0.3, 0.4) is 0 Å². The van der Waals surface area contributed by atoms with Crippen molar-refractivity contribution in [1.29, 1.82) is 0 Å². The summed E-state index contributed by atoms with van der Waals surface area (Å²) in [7, 11) is 1.75. The number of urea groups is 1. The second-order valence-electron chi connectivity index (χ2n) is 5.92. The van der Waals surface area contributed by atoms with E-state index in [-0.39, 0.29) is 6.03 Å². The number of rotatable bonds is 7. The highest BCUT2D eigenvalue weighted by molar-refractivity contribution is 5.89. The lowest BCUT2D eigenvalue weighted by atomic mass is 10.2. The lowest BCUT2D eigenvalue weighted by Gasteiger charge is -2.18. The SMILES string of the molecule is CN(CCOc1ccccc1)C(=O)Nc1cccc(Cn2cccn2)c1. The van der Waals surface area contributed by atoms with Gasteiger partial charge >= 0.3 is 6.03 Å². The number of benzene rings is 2. The third-order valence-corrected chi connectivity index (χ3v) is 3.87. The highest BCUT2D eigenvalue weighted by Crippen LogP contribution is 2.13. The fourth-order valence-corrected chi connectivity index (χ4v) is 2.47. The van der Waals surface area contributed by atoms with Gasteiger partial charge in [0, 0.05) is 25.1 Å². The van der Waals surface area contributed by atoms with Crippen molar-refractivity contribution in [3.8, 4) is 5.75 Å². The molecule has 0 spiro atoms. The highest BCUT2D eigenvalue weighted by Gasteiger charge is 2.09. The summed E-state index contributed by atoms with van der Waals surface area (Å²) in [6.07, 6.45) is 3.66. The first-order valence-electron chi connectivity index (χ1n) is 8.47. The number of nitrogens with one attached hydrogen (secondary N) is 1. The molecule has 2 aromatic carbocycles. The van der Waals surface area contributed by atoms with Crippen molar-refractivity contribution in [3.05, 3.63) is 78.6 Å². The number of hydrogen-bond acceptors (Lipinski definition) is 3. The van der Waals surface area contributed by atoms with E-state index in [9.17, 15) is 4.79 Å². The minimum Gasteiger partial charge on any atom is -0.492 e. The fraction of sp³-hybridized carbons (Fsp3) is 0.200. The van der Waals surface area contributed by atoms with Crippen LogP contribution in [0.2, 0.25) is 0 Å². The van der Waals surface area contributed by atoms with Gasteiger partial charge in [0.1, 0.15) is 12.4 Å². The average Bonchev–Trinajstić information content (AvgIpc) is 3.16. The van der Waals surface area contributed by atoms with E-state index in [1.165, 1.54) is 0 Å². The van der Waals surface area contributed by atoms with Crippen LogP contribution in [0, 0.1) is 0 Å². The Bertz CT molecular complexity index is 819. The molecule has 2 amide bonds. The summed E-state index contributed by atoms with van der Waals surface area (Å²) in [5, 5.41) is 7.11. The lowest BCUT2D eigenvalue weighted by Crippen LogP contribution is -2.34. The largest absolute Gasteiger partial charge is 0.492 e. The first-order valence-corrected chi connectivity index (χ1v) is 8.47. The van der Waals surface area contributed by atoms with Crippen LogP contribution in [0.15, 0.2) is 73.1 Å².